The van der Waals surface area contributed by atoms with E-state index in [-0.39, 0.29) is 24.2 Å². The highest BCUT2D eigenvalue weighted by molar-refractivity contribution is 5.91. The van der Waals surface area contributed by atoms with Crippen molar-refractivity contribution in [3.8, 4) is 0 Å². The van der Waals surface area contributed by atoms with Crippen LogP contribution in [-0.4, -0.2) is 20.6 Å². The second-order valence-electron chi connectivity index (χ2n) is 4.92. The van der Waals surface area contributed by atoms with Crippen LogP contribution in [0.25, 0.3) is 0 Å². The minimum atomic E-state index is -0.595. The smallest absolute Gasteiger partial charge is 0.358 e. The molecule has 0 saturated carbocycles. The van der Waals surface area contributed by atoms with Crippen molar-refractivity contribution in [1.29, 1.82) is 0 Å². The van der Waals surface area contributed by atoms with E-state index in [2.05, 4.69) is 10.4 Å². The number of anilines is 1. The summed E-state index contributed by atoms with van der Waals surface area (Å²) in [7, 11) is 0. The van der Waals surface area contributed by atoms with Crippen molar-refractivity contribution in [2.45, 2.75) is 26.3 Å². The normalized spacial score (nSPS) is 10.6. The summed E-state index contributed by atoms with van der Waals surface area (Å²) in [6.07, 6.45) is 1.41. The van der Waals surface area contributed by atoms with Crippen LogP contribution in [0.3, 0.4) is 0 Å². The SMILES string of the molecule is CC(C)c1ccccc1NC(=O)Cn1ccc([N+](=O)[O-])n1. The van der Waals surface area contributed by atoms with E-state index in [0.717, 1.165) is 11.3 Å². The number of aromatic nitrogens is 2. The van der Waals surface area contributed by atoms with Crippen LogP contribution in [0.5, 0.6) is 0 Å². The Hall–Kier alpha value is -2.70. The highest BCUT2D eigenvalue weighted by Gasteiger charge is 2.14. The topological polar surface area (TPSA) is 90.1 Å². The summed E-state index contributed by atoms with van der Waals surface area (Å²) in [5, 5.41) is 17.1. The molecular weight excluding hydrogens is 272 g/mol. The molecule has 21 heavy (non-hydrogen) atoms. The van der Waals surface area contributed by atoms with E-state index in [1.165, 1.54) is 16.9 Å². The first kappa shape index (κ1) is 14.7. The molecule has 0 aliphatic carbocycles. The fraction of sp³-hybridized carbons (Fsp3) is 0.286. The summed E-state index contributed by atoms with van der Waals surface area (Å²) in [5.74, 6) is -0.265. The predicted molar refractivity (Wildman–Crippen MR) is 78.0 cm³/mol. The van der Waals surface area contributed by atoms with E-state index < -0.39 is 4.92 Å². The van der Waals surface area contributed by atoms with Crippen LogP contribution in [0.2, 0.25) is 0 Å². The van der Waals surface area contributed by atoms with Gasteiger partial charge in [0, 0.05) is 5.69 Å². The van der Waals surface area contributed by atoms with Crippen molar-refractivity contribution in [3.05, 3.63) is 52.2 Å². The van der Waals surface area contributed by atoms with Gasteiger partial charge in [0.2, 0.25) is 5.91 Å². The monoisotopic (exact) mass is 288 g/mol. The van der Waals surface area contributed by atoms with Crippen molar-refractivity contribution >= 4 is 17.4 Å². The van der Waals surface area contributed by atoms with Gasteiger partial charge >= 0.3 is 5.82 Å². The number of nitro groups is 1. The van der Waals surface area contributed by atoms with Crippen molar-refractivity contribution in [3.63, 3.8) is 0 Å². The molecule has 1 heterocycles. The molecule has 0 saturated heterocycles. The quantitative estimate of drug-likeness (QED) is 0.676. The minimum Gasteiger partial charge on any atom is -0.358 e. The molecule has 0 spiro atoms. The van der Waals surface area contributed by atoms with E-state index in [1.54, 1.807) is 0 Å². The first-order chi connectivity index (χ1) is 9.97. The minimum absolute atomic E-state index is 0.0692. The molecule has 0 bridgehead atoms. The second-order valence-corrected chi connectivity index (χ2v) is 4.92. The van der Waals surface area contributed by atoms with Crippen LogP contribution in [0.4, 0.5) is 11.5 Å². The van der Waals surface area contributed by atoms with Gasteiger partial charge in [-0.3, -0.25) is 4.79 Å². The lowest BCUT2D eigenvalue weighted by atomic mass is 10.0. The summed E-state index contributed by atoms with van der Waals surface area (Å²) >= 11 is 0. The highest BCUT2D eigenvalue weighted by atomic mass is 16.6. The zero-order valence-corrected chi connectivity index (χ0v) is 11.8. The number of carbonyl (C=O) groups excluding carboxylic acids is 1. The van der Waals surface area contributed by atoms with Crippen molar-refractivity contribution in [2.24, 2.45) is 0 Å². The number of para-hydroxylation sites is 1. The number of amides is 1. The van der Waals surface area contributed by atoms with Gasteiger partial charge in [-0.2, -0.15) is 4.68 Å². The molecular formula is C14H16N4O3. The fourth-order valence-corrected chi connectivity index (χ4v) is 1.99. The van der Waals surface area contributed by atoms with Gasteiger partial charge in [0.15, 0.2) is 0 Å². The summed E-state index contributed by atoms with van der Waals surface area (Å²) in [6.45, 7) is 4.02. The molecule has 7 heteroatoms. The molecule has 0 atom stereocenters. The zero-order chi connectivity index (χ0) is 15.4. The number of rotatable bonds is 5. The average molecular weight is 288 g/mol. The van der Waals surface area contributed by atoms with Crippen molar-refractivity contribution in [1.82, 2.24) is 9.78 Å². The van der Waals surface area contributed by atoms with Crippen LogP contribution in [-0.2, 0) is 11.3 Å². The maximum atomic E-state index is 12.0. The first-order valence-electron chi connectivity index (χ1n) is 6.54. The lowest BCUT2D eigenvalue weighted by molar-refractivity contribution is -0.389. The summed E-state index contributed by atoms with van der Waals surface area (Å²) in [6, 6.07) is 8.81. The molecule has 1 N–H and O–H groups in total. The Morgan fingerprint density at radius 1 is 1.38 bits per heavy atom. The second kappa shape index (κ2) is 6.17. The number of hydrogen-bond acceptors (Lipinski definition) is 4. The summed E-state index contributed by atoms with van der Waals surface area (Å²) < 4.78 is 1.24. The summed E-state index contributed by atoms with van der Waals surface area (Å²) in [4.78, 5) is 21.9. The van der Waals surface area contributed by atoms with Gasteiger partial charge in [-0.15, -0.1) is 0 Å². The van der Waals surface area contributed by atoms with Crippen LogP contribution >= 0.6 is 0 Å². The molecule has 110 valence electrons. The van der Waals surface area contributed by atoms with E-state index in [0.29, 0.717) is 0 Å². The number of hydrogen-bond donors (Lipinski definition) is 1. The third kappa shape index (κ3) is 3.65. The number of carbonyl (C=O) groups is 1. The molecule has 1 aromatic heterocycles. The van der Waals surface area contributed by atoms with Crippen LogP contribution in [0.1, 0.15) is 25.3 Å². The van der Waals surface area contributed by atoms with Gasteiger partial charge in [0.25, 0.3) is 0 Å². The van der Waals surface area contributed by atoms with E-state index >= 15 is 0 Å². The molecule has 1 amide bonds. The maximum Gasteiger partial charge on any atom is 0.389 e. The molecule has 2 rings (SSSR count). The molecule has 0 unspecified atom stereocenters. The van der Waals surface area contributed by atoms with Crippen LogP contribution in [0.15, 0.2) is 36.5 Å². The first-order valence-corrected chi connectivity index (χ1v) is 6.54. The molecule has 0 fully saturated rings. The van der Waals surface area contributed by atoms with Crippen LogP contribution in [0, 0.1) is 10.1 Å². The van der Waals surface area contributed by atoms with E-state index in [9.17, 15) is 14.9 Å². The molecule has 0 aliphatic rings. The molecule has 7 nitrogen and oxygen atoms in total. The van der Waals surface area contributed by atoms with Crippen molar-refractivity contribution < 1.29 is 9.72 Å². The van der Waals surface area contributed by atoms with Gasteiger partial charge in [-0.1, -0.05) is 32.0 Å². The zero-order valence-electron chi connectivity index (χ0n) is 11.8. The third-order valence-electron chi connectivity index (χ3n) is 2.98. The Morgan fingerprint density at radius 3 is 2.71 bits per heavy atom. The standard InChI is InChI=1S/C14H16N4O3/c1-10(2)11-5-3-4-6-12(11)15-14(19)9-17-8-7-13(16-17)18(20)21/h3-8,10H,9H2,1-2H3,(H,15,19). The largest absolute Gasteiger partial charge is 0.389 e. The highest BCUT2D eigenvalue weighted by Crippen LogP contribution is 2.23. The lowest BCUT2D eigenvalue weighted by Gasteiger charge is -2.13. The van der Waals surface area contributed by atoms with Gasteiger partial charge < -0.3 is 15.4 Å². The van der Waals surface area contributed by atoms with Crippen LogP contribution < -0.4 is 5.32 Å². The molecule has 0 radical (unpaired) electrons. The fourth-order valence-electron chi connectivity index (χ4n) is 1.99. The van der Waals surface area contributed by atoms with Gasteiger partial charge in [0.1, 0.15) is 6.54 Å². The van der Waals surface area contributed by atoms with Gasteiger partial charge in [0.05, 0.1) is 17.4 Å². The lowest BCUT2D eigenvalue weighted by Crippen LogP contribution is -2.20. The third-order valence-corrected chi connectivity index (χ3v) is 2.98. The summed E-state index contributed by atoms with van der Waals surface area (Å²) in [5.41, 5.74) is 1.79. The number of benzene rings is 1. The van der Waals surface area contributed by atoms with Gasteiger partial charge in [-0.05, 0) is 22.5 Å². The number of nitrogens with zero attached hydrogens (tertiary/aromatic N) is 3. The molecule has 1 aromatic carbocycles. The Labute approximate surface area is 121 Å². The molecule has 0 aliphatic heterocycles. The average Bonchev–Trinajstić information content (AvgIpc) is 2.87. The Morgan fingerprint density at radius 2 is 2.10 bits per heavy atom. The van der Waals surface area contributed by atoms with E-state index in [1.807, 2.05) is 38.1 Å². The number of nitrogens with one attached hydrogen (secondary N) is 1. The Bertz CT molecular complexity index is 664. The Balaban J connectivity index is 2.06. The van der Waals surface area contributed by atoms with Gasteiger partial charge in [-0.25, -0.2) is 0 Å². The predicted octanol–water partition coefficient (Wildman–Crippen LogP) is 2.55. The van der Waals surface area contributed by atoms with Crippen molar-refractivity contribution in [2.75, 3.05) is 5.32 Å². The molecule has 2 aromatic rings. The van der Waals surface area contributed by atoms with E-state index in [4.69, 9.17) is 0 Å². The maximum absolute atomic E-state index is 12.0. The Kier molecular flexibility index (Phi) is 4.32.